The summed E-state index contributed by atoms with van der Waals surface area (Å²) >= 11 is 1.57. The van der Waals surface area contributed by atoms with Crippen molar-refractivity contribution in [1.29, 1.82) is 0 Å². The highest BCUT2D eigenvalue weighted by Crippen LogP contribution is 2.20. The number of thiazole rings is 1. The van der Waals surface area contributed by atoms with Crippen molar-refractivity contribution in [3.05, 3.63) is 11.1 Å². The average Bonchev–Trinajstić information content (AvgIpc) is 3.00. The second kappa shape index (κ2) is 9.46. The minimum Gasteiger partial charge on any atom is -0.467 e. The van der Waals surface area contributed by atoms with Gasteiger partial charge in [-0.25, -0.2) is 14.6 Å². The normalized spacial score (nSPS) is 12.0. The van der Waals surface area contributed by atoms with Crippen molar-refractivity contribution >= 4 is 28.5 Å². The number of rotatable bonds is 8. The Kier molecular flexibility index (Phi) is 7.97. The standard InChI is InChI=1S/C16H28N4O3S/c1-7-20(8-2)16-17-12(10-24-16)9-19(5)15(22)18-13(11(3)4)14(21)23-6/h10-11,13H,7-9H2,1-6H3,(H,18,22)/t13-/m0/s1. The molecule has 0 saturated heterocycles. The molecule has 0 aliphatic carbocycles. The maximum atomic E-state index is 12.3. The van der Waals surface area contributed by atoms with Gasteiger partial charge < -0.3 is 19.9 Å². The largest absolute Gasteiger partial charge is 0.467 e. The number of nitrogens with zero attached hydrogens (tertiary/aromatic N) is 3. The zero-order valence-electron chi connectivity index (χ0n) is 15.3. The lowest BCUT2D eigenvalue weighted by atomic mass is 10.1. The number of hydrogen-bond donors (Lipinski definition) is 1. The van der Waals surface area contributed by atoms with Crippen molar-refractivity contribution in [1.82, 2.24) is 15.2 Å². The minimum atomic E-state index is -0.661. The van der Waals surface area contributed by atoms with Crippen molar-refractivity contribution in [2.45, 2.75) is 40.3 Å². The molecule has 0 aromatic carbocycles. The molecule has 0 aliphatic rings. The number of carbonyl (C=O) groups excluding carboxylic acids is 2. The highest BCUT2D eigenvalue weighted by Gasteiger charge is 2.26. The maximum absolute atomic E-state index is 12.3. The summed E-state index contributed by atoms with van der Waals surface area (Å²) in [5.41, 5.74) is 0.832. The van der Waals surface area contributed by atoms with Crippen LogP contribution in [0.4, 0.5) is 9.93 Å². The summed E-state index contributed by atoms with van der Waals surface area (Å²) in [5.74, 6) is -0.493. The third-order valence-electron chi connectivity index (χ3n) is 3.72. The van der Waals surface area contributed by atoms with Crippen LogP contribution in [0.15, 0.2) is 5.38 Å². The Morgan fingerprint density at radius 1 is 1.33 bits per heavy atom. The highest BCUT2D eigenvalue weighted by atomic mass is 32.1. The minimum absolute atomic E-state index is 0.0525. The molecule has 7 nitrogen and oxygen atoms in total. The van der Waals surface area contributed by atoms with Gasteiger partial charge >= 0.3 is 12.0 Å². The number of hydrogen-bond acceptors (Lipinski definition) is 6. The topological polar surface area (TPSA) is 74.8 Å². The number of ether oxygens (including phenoxy) is 1. The van der Waals surface area contributed by atoms with Crippen LogP contribution in [-0.2, 0) is 16.1 Å². The molecule has 1 N–H and O–H groups in total. The van der Waals surface area contributed by atoms with Crippen molar-refractivity contribution in [2.75, 3.05) is 32.1 Å². The Morgan fingerprint density at radius 2 is 1.96 bits per heavy atom. The zero-order chi connectivity index (χ0) is 18.3. The third kappa shape index (κ3) is 5.36. The second-order valence-corrected chi connectivity index (χ2v) is 6.68. The molecule has 1 aromatic heterocycles. The summed E-state index contributed by atoms with van der Waals surface area (Å²) in [6.45, 7) is 10.1. The lowest BCUT2D eigenvalue weighted by molar-refractivity contribution is -0.144. The van der Waals surface area contributed by atoms with E-state index in [4.69, 9.17) is 4.74 Å². The lowest BCUT2D eigenvalue weighted by Crippen LogP contribution is -2.49. The maximum Gasteiger partial charge on any atom is 0.328 e. The van der Waals surface area contributed by atoms with Crippen LogP contribution in [-0.4, -0.2) is 55.2 Å². The van der Waals surface area contributed by atoms with E-state index in [9.17, 15) is 9.59 Å². The first-order chi connectivity index (χ1) is 11.3. The molecular weight excluding hydrogens is 328 g/mol. The predicted octanol–water partition coefficient (Wildman–Crippen LogP) is 2.33. The first kappa shape index (κ1) is 20.2. The van der Waals surface area contributed by atoms with E-state index in [0.29, 0.717) is 6.54 Å². The van der Waals surface area contributed by atoms with Crippen LogP contribution in [0, 0.1) is 5.92 Å². The molecule has 8 heteroatoms. The first-order valence-electron chi connectivity index (χ1n) is 8.12. The van der Waals surface area contributed by atoms with E-state index in [1.165, 1.54) is 12.0 Å². The number of aromatic nitrogens is 1. The summed E-state index contributed by atoms with van der Waals surface area (Å²) in [4.78, 5) is 32.3. The molecule has 24 heavy (non-hydrogen) atoms. The van der Waals surface area contributed by atoms with Gasteiger partial charge in [-0.2, -0.15) is 0 Å². The Balaban J connectivity index is 2.68. The predicted molar refractivity (Wildman–Crippen MR) is 96.3 cm³/mol. The van der Waals surface area contributed by atoms with Crippen LogP contribution >= 0.6 is 11.3 Å². The van der Waals surface area contributed by atoms with Crippen LogP contribution in [0.25, 0.3) is 0 Å². The van der Waals surface area contributed by atoms with Gasteiger partial charge in [0.15, 0.2) is 5.13 Å². The smallest absolute Gasteiger partial charge is 0.328 e. The average molecular weight is 356 g/mol. The van der Waals surface area contributed by atoms with Gasteiger partial charge in [-0.05, 0) is 19.8 Å². The number of nitrogens with one attached hydrogen (secondary N) is 1. The van der Waals surface area contributed by atoms with Gasteiger partial charge in [-0.3, -0.25) is 0 Å². The van der Waals surface area contributed by atoms with Gasteiger partial charge in [-0.15, -0.1) is 11.3 Å². The molecule has 1 rings (SSSR count). The quantitative estimate of drug-likeness (QED) is 0.724. The van der Waals surface area contributed by atoms with Crippen LogP contribution in [0.2, 0.25) is 0 Å². The number of esters is 1. The molecular formula is C16H28N4O3S. The zero-order valence-corrected chi connectivity index (χ0v) is 16.1. The molecule has 0 radical (unpaired) electrons. The van der Waals surface area contributed by atoms with E-state index in [1.807, 2.05) is 19.2 Å². The van der Waals surface area contributed by atoms with Crippen LogP contribution in [0.5, 0.6) is 0 Å². The highest BCUT2D eigenvalue weighted by molar-refractivity contribution is 7.13. The van der Waals surface area contributed by atoms with Gasteiger partial charge in [0.05, 0.1) is 19.3 Å². The van der Waals surface area contributed by atoms with Gasteiger partial charge in [-0.1, -0.05) is 13.8 Å². The van der Waals surface area contributed by atoms with E-state index in [2.05, 4.69) is 29.0 Å². The summed E-state index contributed by atoms with van der Waals surface area (Å²) in [6, 6.07) is -0.983. The lowest BCUT2D eigenvalue weighted by Gasteiger charge is -2.24. The van der Waals surface area contributed by atoms with E-state index < -0.39 is 12.0 Å². The fourth-order valence-corrected chi connectivity index (χ4v) is 3.14. The molecule has 1 heterocycles. The summed E-state index contributed by atoms with van der Waals surface area (Å²) in [6.07, 6.45) is 0. The molecule has 1 aromatic rings. The monoisotopic (exact) mass is 356 g/mol. The van der Waals surface area contributed by atoms with E-state index >= 15 is 0 Å². The number of urea groups is 1. The number of amides is 2. The van der Waals surface area contributed by atoms with Crippen molar-refractivity contribution in [3.8, 4) is 0 Å². The Morgan fingerprint density at radius 3 is 2.46 bits per heavy atom. The number of methoxy groups -OCH3 is 1. The Bertz CT molecular complexity index is 543. The molecule has 0 saturated carbocycles. The summed E-state index contributed by atoms with van der Waals surface area (Å²) in [5, 5.41) is 5.63. The SMILES string of the molecule is CCN(CC)c1nc(CN(C)C(=O)N[C@H](C(=O)OC)C(C)C)cs1. The fraction of sp³-hybridized carbons (Fsp3) is 0.688. The summed E-state index contributed by atoms with van der Waals surface area (Å²) in [7, 11) is 3.00. The number of carbonyl (C=O) groups is 2. The summed E-state index contributed by atoms with van der Waals surface area (Å²) < 4.78 is 4.74. The third-order valence-corrected chi connectivity index (χ3v) is 4.67. The fourth-order valence-electron chi connectivity index (χ4n) is 2.19. The molecule has 0 spiro atoms. The molecule has 0 fully saturated rings. The second-order valence-electron chi connectivity index (χ2n) is 5.84. The van der Waals surface area contributed by atoms with Crippen LogP contribution < -0.4 is 10.2 Å². The molecule has 2 amide bonds. The van der Waals surface area contributed by atoms with Gasteiger partial charge in [0, 0.05) is 25.5 Å². The Labute approximate surface area is 148 Å². The van der Waals surface area contributed by atoms with Crippen molar-refractivity contribution in [3.63, 3.8) is 0 Å². The van der Waals surface area contributed by atoms with Crippen LogP contribution in [0.1, 0.15) is 33.4 Å². The molecule has 0 bridgehead atoms. The van der Waals surface area contributed by atoms with E-state index in [-0.39, 0.29) is 11.9 Å². The van der Waals surface area contributed by atoms with Crippen LogP contribution in [0.3, 0.4) is 0 Å². The van der Waals surface area contributed by atoms with Crippen molar-refractivity contribution in [2.24, 2.45) is 5.92 Å². The van der Waals surface area contributed by atoms with Gasteiger partial charge in [0.25, 0.3) is 0 Å². The molecule has 136 valence electrons. The van der Waals surface area contributed by atoms with Gasteiger partial charge in [0.1, 0.15) is 6.04 Å². The van der Waals surface area contributed by atoms with E-state index in [0.717, 1.165) is 23.9 Å². The first-order valence-corrected chi connectivity index (χ1v) is 9.00. The Hall–Kier alpha value is -1.83. The molecule has 1 atom stereocenters. The van der Waals surface area contributed by atoms with E-state index in [1.54, 1.807) is 18.4 Å². The van der Waals surface area contributed by atoms with Gasteiger partial charge in [0.2, 0.25) is 0 Å². The molecule has 0 aliphatic heterocycles. The molecule has 0 unspecified atom stereocenters. The van der Waals surface area contributed by atoms with Crippen molar-refractivity contribution < 1.29 is 14.3 Å². The number of anilines is 1.